The summed E-state index contributed by atoms with van der Waals surface area (Å²) in [4.78, 5) is 26.0. The van der Waals surface area contributed by atoms with Gasteiger partial charge in [0.15, 0.2) is 0 Å². The van der Waals surface area contributed by atoms with Crippen molar-refractivity contribution >= 4 is 41.9 Å². The molecule has 7 nitrogen and oxygen atoms in total. The zero-order chi connectivity index (χ0) is 29.1. The molecule has 3 aromatic carbocycles. The molecule has 8 heteroatoms. The maximum absolute atomic E-state index is 13.0. The van der Waals surface area contributed by atoms with E-state index in [4.69, 9.17) is 9.90 Å². The zero-order valence-corrected chi connectivity index (χ0v) is 24.6. The second-order valence-corrected chi connectivity index (χ2v) is 10.4. The molecular weight excluding hydrogens is 520 g/mol. The lowest BCUT2D eigenvalue weighted by Gasteiger charge is -2.29. The normalized spacial score (nSPS) is 16.2. The Kier molecular flexibility index (Phi) is 11.8. The Balaban J connectivity index is 0.000000676. The lowest BCUT2D eigenvalue weighted by Crippen LogP contribution is -2.27. The van der Waals surface area contributed by atoms with Crippen LogP contribution < -0.4 is 10.0 Å². The summed E-state index contributed by atoms with van der Waals surface area (Å²) in [5.41, 5.74) is 8.10. The molecular formula is C32H40N4O3S. The average molecular weight is 561 g/mol. The summed E-state index contributed by atoms with van der Waals surface area (Å²) in [6, 6.07) is 23.6. The van der Waals surface area contributed by atoms with Gasteiger partial charge in [-0.05, 0) is 92.1 Å². The summed E-state index contributed by atoms with van der Waals surface area (Å²) < 4.78 is 4.57. The topological polar surface area (TPSA) is 96.3 Å². The van der Waals surface area contributed by atoms with Crippen LogP contribution in [0.5, 0.6) is 0 Å². The number of hydrogen-bond acceptors (Lipinski definition) is 5. The van der Waals surface area contributed by atoms with E-state index in [1.54, 1.807) is 7.05 Å². The maximum atomic E-state index is 13.0. The van der Waals surface area contributed by atoms with Crippen LogP contribution in [0, 0.1) is 12.8 Å². The van der Waals surface area contributed by atoms with E-state index < -0.39 is 0 Å². The van der Waals surface area contributed by atoms with Crippen molar-refractivity contribution in [3.63, 3.8) is 0 Å². The summed E-state index contributed by atoms with van der Waals surface area (Å²) in [6.45, 7) is 3.93. The number of aryl methyl sites for hydroxylation is 3. The van der Waals surface area contributed by atoms with Gasteiger partial charge in [0, 0.05) is 18.7 Å². The van der Waals surface area contributed by atoms with E-state index in [2.05, 4.69) is 101 Å². The molecule has 0 saturated heterocycles. The number of aromatic nitrogens is 2. The van der Waals surface area contributed by atoms with Crippen molar-refractivity contribution in [1.82, 2.24) is 14.3 Å². The third kappa shape index (κ3) is 7.96. The van der Waals surface area contributed by atoms with Gasteiger partial charge in [-0.15, -0.1) is 0 Å². The molecule has 1 saturated carbocycles. The van der Waals surface area contributed by atoms with Crippen LogP contribution in [0.3, 0.4) is 0 Å². The van der Waals surface area contributed by atoms with Crippen molar-refractivity contribution in [1.29, 1.82) is 0 Å². The standard InChI is InChI=1S/C30H33N3O.CH5NS.CH2O2/c1-4-21-8-15-27(16-9-21)32-30(34)26-7-5-6-24(18-26)22-10-12-23(13-11-22)25-14-17-29-28(19-25)31-20(2)33(29)3;1-2-3;2-1-3/h8-17,19,24,26H,4-7,18H2,1-3H3,(H,32,34);2-3H,1H3;1H,(H,2,3). The van der Waals surface area contributed by atoms with Crippen LogP contribution >= 0.6 is 12.8 Å². The van der Waals surface area contributed by atoms with Crippen molar-refractivity contribution < 1.29 is 14.7 Å². The van der Waals surface area contributed by atoms with Crippen molar-refractivity contribution in [3.8, 4) is 11.1 Å². The lowest BCUT2D eigenvalue weighted by molar-refractivity contribution is -0.123. The summed E-state index contributed by atoms with van der Waals surface area (Å²) >= 11 is 3.54. The number of carbonyl (C=O) groups excluding carboxylic acids is 1. The molecule has 0 spiro atoms. The first-order valence-corrected chi connectivity index (χ1v) is 14.1. The van der Waals surface area contributed by atoms with Gasteiger partial charge >= 0.3 is 0 Å². The van der Waals surface area contributed by atoms with E-state index >= 15 is 0 Å². The number of carboxylic acid groups (broad SMARTS) is 1. The molecule has 0 bridgehead atoms. The number of anilines is 1. The third-order valence-electron chi connectivity index (χ3n) is 7.49. The van der Waals surface area contributed by atoms with Crippen LogP contribution in [-0.2, 0) is 23.1 Å². The van der Waals surface area contributed by atoms with Gasteiger partial charge in [0.05, 0.1) is 11.0 Å². The molecule has 40 heavy (non-hydrogen) atoms. The Morgan fingerprint density at radius 1 is 1.07 bits per heavy atom. The minimum Gasteiger partial charge on any atom is -0.483 e. The molecule has 5 rings (SSSR count). The molecule has 0 radical (unpaired) electrons. The molecule has 0 aliphatic heterocycles. The van der Waals surface area contributed by atoms with Crippen molar-refractivity contribution in [3.05, 3.63) is 83.7 Å². The summed E-state index contributed by atoms with van der Waals surface area (Å²) in [5, 5.41) is 10.0. The number of thiol groups is 1. The van der Waals surface area contributed by atoms with E-state index in [0.29, 0.717) is 5.92 Å². The number of imidazole rings is 1. The number of amides is 1. The Morgan fingerprint density at radius 3 is 2.33 bits per heavy atom. The van der Waals surface area contributed by atoms with Gasteiger partial charge < -0.3 is 15.0 Å². The van der Waals surface area contributed by atoms with Gasteiger partial charge in [-0.2, -0.15) is 0 Å². The van der Waals surface area contributed by atoms with E-state index in [0.717, 1.165) is 54.6 Å². The molecule has 1 aliphatic carbocycles. The van der Waals surface area contributed by atoms with Gasteiger partial charge in [-0.25, -0.2) is 4.98 Å². The third-order valence-corrected chi connectivity index (χ3v) is 7.49. The van der Waals surface area contributed by atoms with E-state index in [1.165, 1.54) is 22.3 Å². The maximum Gasteiger partial charge on any atom is 0.290 e. The van der Waals surface area contributed by atoms with Crippen molar-refractivity contribution in [2.75, 3.05) is 12.4 Å². The minimum absolute atomic E-state index is 0.0686. The minimum atomic E-state index is -0.250. The Hall–Kier alpha value is -3.62. The first-order valence-electron chi connectivity index (χ1n) is 13.7. The predicted molar refractivity (Wildman–Crippen MR) is 167 cm³/mol. The van der Waals surface area contributed by atoms with Crippen LogP contribution in [0.2, 0.25) is 0 Å². The molecule has 1 fully saturated rings. The number of carbonyl (C=O) groups is 2. The fourth-order valence-corrected chi connectivity index (χ4v) is 5.25. The predicted octanol–water partition coefficient (Wildman–Crippen LogP) is 6.78. The van der Waals surface area contributed by atoms with Gasteiger partial charge in [0.25, 0.3) is 6.47 Å². The van der Waals surface area contributed by atoms with Crippen LogP contribution in [-0.4, -0.2) is 34.1 Å². The van der Waals surface area contributed by atoms with E-state index in [9.17, 15) is 4.79 Å². The molecule has 1 aliphatic rings. The van der Waals surface area contributed by atoms with Crippen molar-refractivity contribution in [2.24, 2.45) is 13.0 Å². The van der Waals surface area contributed by atoms with Gasteiger partial charge in [-0.3, -0.25) is 14.3 Å². The smallest absolute Gasteiger partial charge is 0.290 e. The Labute approximate surface area is 242 Å². The number of nitrogens with zero attached hydrogens (tertiary/aromatic N) is 2. The monoisotopic (exact) mass is 560 g/mol. The van der Waals surface area contributed by atoms with Crippen LogP contribution in [0.1, 0.15) is 55.5 Å². The first-order chi connectivity index (χ1) is 19.3. The van der Waals surface area contributed by atoms with Gasteiger partial charge in [0.1, 0.15) is 5.82 Å². The Bertz CT molecular complexity index is 1380. The molecule has 3 N–H and O–H groups in total. The molecule has 212 valence electrons. The van der Waals surface area contributed by atoms with Crippen molar-refractivity contribution in [2.45, 2.75) is 51.9 Å². The number of nitrogens with one attached hydrogen (secondary N) is 2. The number of hydrogen-bond donors (Lipinski definition) is 4. The molecule has 4 aromatic rings. The fourth-order valence-electron chi connectivity index (χ4n) is 5.25. The first kappa shape index (κ1) is 30.9. The van der Waals surface area contributed by atoms with E-state index in [1.807, 2.05) is 19.1 Å². The van der Waals surface area contributed by atoms with Crippen LogP contribution in [0.25, 0.3) is 22.2 Å². The number of benzene rings is 3. The molecule has 1 amide bonds. The van der Waals surface area contributed by atoms with Crippen LogP contribution in [0.15, 0.2) is 66.7 Å². The largest absolute Gasteiger partial charge is 0.483 e. The molecule has 2 atom stereocenters. The second kappa shape index (κ2) is 15.2. The van der Waals surface area contributed by atoms with Crippen LogP contribution in [0.4, 0.5) is 5.69 Å². The summed E-state index contributed by atoms with van der Waals surface area (Å²) in [5.74, 6) is 1.68. The quantitative estimate of drug-likeness (QED) is 0.159. The zero-order valence-electron chi connectivity index (χ0n) is 23.7. The average Bonchev–Trinajstić information content (AvgIpc) is 3.26. The highest BCUT2D eigenvalue weighted by Crippen LogP contribution is 2.37. The molecule has 1 heterocycles. The second-order valence-electron chi connectivity index (χ2n) is 9.97. The highest BCUT2D eigenvalue weighted by atomic mass is 32.1. The number of rotatable bonds is 5. The SMILES string of the molecule is CCc1ccc(NC(=O)C2CCCC(c3ccc(-c4ccc5c(c4)nc(C)n5C)cc3)C2)cc1.CNS.O=CO. The number of fused-ring (bicyclic) bond motifs is 1. The van der Waals surface area contributed by atoms with Gasteiger partial charge in [0.2, 0.25) is 5.91 Å². The Morgan fingerprint density at radius 2 is 1.70 bits per heavy atom. The lowest BCUT2D eigenvalue weighted by atomic mass is 9.77. The highest BCUT2D eigenvalue weighted by Gasteiger charge is 2.28. The fraction of sp³-hybridized carbons (Fsp3) is 0.344. The van der Waals surface area contributed by atoms with E-state index in [-0.39, 0.29) is 18.3 Å². The highest BCUT2D eigenvalue weighted by molar-refractivity contribution is 7.78. The summed E-state index contributed by atoms with van der Waals surface area (Å²) in [7, 11) is 3.79. The molecule has 2 unspecified atom stereocenters. The van der Waals surface area contributed by atoms with Gasteiger partial charge in [-0.1, -0.05) is 68.6 Å². The summed E-state index contributed by atoms with van der Waals surface area (Å²) in [6.07, 6.45) is 5.13. The molecule has 1 aromatic heterocycles.